The number of benzene rings is 2. The first kappa shape index (κ1) is 20.6. The van der Waals surface area contributed by atoms with Gasteiger partial charge in [-0.2, -0.15) is 0 Å². The van der Waals surface area contributed by atoms with Gasteiger partial charge in [-0.1, -0.05) is 72.4 Å². The Morgan fingerprint density at radius 2 is 1.21 bits per heavy atom. The third-order valence-electron chi connectivity index (χ3n) is 4.29. The van der Waals surface area contributed by atoms with Gasteiger partial charge >= 0.3 is 0 Å². The summed E-state index contributed by atoms with van der Waals surface area (Å²) >= 11 is 3.30. The minimum Gasteiger partial charge on any atom is -0.394 e. The third kappa shape index (κ3) is 6.46. The Balaban J connectivity index is 1.47. The van der Waals surface area contributed by atoms with Gasteiger partial charge in [0, 0.05) is 5.75 Å². The first-order valence-corrected chi connectivity index (χ1v) is 11.5. The van der Waals surface area contributed by atoms with Gasteiger partial charge in [-0.05, 0) is 42.6 Å². The maximum absolute atomic E-state index is 6.10. The molecule has 3 rings (SSSR count). The van der Waals surface area contributed by atoms with E-state index in [2.05, 4.69) is 58.5 Å². The van der Waals surface area contributed by atoms with Crippen molar-refractivity contribution < 1.29 is 0 Å². The minimum absolute atomic E-state index is 0.381. The Morgan fingerprint density at radius 1 is 0.679 bits per heavy atom. The zero-order chi connectivity index (χ0) is 19.6. The molecule has 0 unspecified atom stereocenters. The average Bonchev–Trinajstić information content (AvgIpc) is 2.73. The highest BCUT2D eigenvalue weighted by atomic mass is 32.2. The molecule has 0 radical (unpaired) electrons. The number of rotatable bonds is 10. The van der Waals surface area contributed by atoms with Crippen molar-refractivity contribution in [1.82, 2.24) is 9.97 Å². The van der Waals surface area contributed by atoms with Crippen molar-refractivity contribution in [2.24, 2.45) is 0 Å². The van der Waals surface area contributed by atoms with Crippen molar-refractivity contribution in [1.29, 1.82) is 0 Å². The summed E-state index contributed by atoms with van der Waals surface area (Å²) in [7, 11) is 0. The number of nitrogens with zero attached hydrogens (tertiary/aromatic N) is 2. The van der Waals surface area contributed by atoms with Crippen molar-refractivity contribution in [3.8, 4) is 0 Å². The van der Waals surface area contributed by atoms with E-state index in [4.69, 9.17) is 11.5 Å². The van der Waals surface area contributed by atoms with Crippen LogP contribution >= 0.6 is 23.5 Å². The Kier molecular flexibility index (Phi) is 8.06. The zero-order valence-electron chi connectivity index (χ0n) is 15.9. The molecule has 4 nitrogen and oxygen atoms in total. The number of hydrogen-bond donors (Lipinski definition) is 2. The first-order chi connectivity index (χ1) is 13.7. The highest BCUT2D eigenvalue weighted by Crippen LogP contribution is 2.30. The van der Waals surface area contributed by atoms with Crippen LogP contribution in [0.1, 0.15) is 24.0 Å². The summed E-state index contributed by atoms with van der Waals surface area (Å²) in [5.41, 5.74) is 15.3. The summed E-state index contributed by atoms with van der Waals surface area (Å²) in [4.78, 5) is 8.98. The van der Waals surface area contributed by atoms with Gasteiger partial charge in [-0.3, -0.25) is 0 Å². The molecule has 3 aromatic rings. The molecule has 1 aromatic heterocycles. The molecule has 4 N–H and O–H groups in total. The van der Waals surface area contributed by atoms with Gasteiger partial charge in [0.2, 0.25) is 0 Å². The molecule has 0 amide bonds. The van der Waals surface area contributed by atoms with Crippen molar-refractivity contribution in [3.63, 3.8) is 0 Å². The second-order valence-electron chi connectivity index (χ2n) is 6.49. The predicted octanol–water partition coefficient (Wildman–Crippen LogP) is 5.09. The van der Waals surface area contributed by atoms with Crippen LogP contribution in [0.3, 0.4) is 0 Å². The number of hydrogen-bond acceptors (Lipinski definition) is 6. The SMILES string of the molecule is Nc1nc(SCCCc2ccccc2)nc(SCCCc2ccccc2)c1N. The predicted molar refractivity (Wildman–Crippen MR) is 122 cm³/mol. The number of anilines is 2. The molecule has 0 saturated heterocycles. The Labute approximate surface area is 175 Å². The van der Waals surface area contributed by atoms with E-state index in [1.807, 2.05) is 12.1 Å². The van der Waals surface area contributed by atoms with Crippen LogP contribution in [0.5, 0.6) is 0 Å². The van der Waals surface area contributed by atoms with E-state index in [9.17, 15) is 0 Å². The molecule has 28 heavy (non-hydrogen) atoms. The van der Waals surface area contributed by atoms with Gasteiger partial charge in [0.25, 0.3) is 0 Å². The fraction of sp³-hybridized carbons (Fsp3) is 0.273. The molecule has 6 heteroatoms. The number of aryl methyl sites for hydroxylation is 2. The second-order valence-corrected chi connectivity index (χ2v) is 8.63. The smallest absolute Gasteiger partial charge is 0.190 e. The standard InChI is InChI=1S/C22H26N4S2/c23-19-20(24)25-22(28-16-8-14-18-11-5-2-6-12-18)26-21(19)27-15-7-13-17-9-3-1-4-10-17/h1-6,9-12H,7-8,13-16,23H2,(H2,24,25,26). The minimum atomic E-state index is 0.381. The molecule has 0 aliphatic heterocycles. The van der Waals surface area contributed by atoms with Crippen molar-refractivity contribution in [2.75, 3.05) is 23.0 Å². The third-order valence-corrected chi connectivity index (χ3v) is 6.31. The maximum atomic E-state index is 6.10. The number of aromatic nitrogens is 2. The van der Waals surface area contributed by atoms with Gasteiger partial charge in [-0.25, -0.2) is 9.97 Å². The lowest BCUT2D eigenvalue weighted by atomic mass is 10.1. The highest BCUT2D eigenvalue weighted by molar-refractivity contribution is 7.99. The van der Waals surface area contributed by atoms with Crippen LogP contribution in [0, 0.1) is 0 Å². The van der Waals surface area contributed by atoms with Gasteiger partial charge in [0.15, 0.2) is 11.0 Å². The van der Waals surface area contributed by atoms with Crippen LogP contribution in [0.4, 0.5) is 11.5 Å². The largest absolute Gasteiger partial charge is 0.394 e. The van der Waals surface area contributed by atoms with Crippen LogP contribution in [0.15, 0.2) is 70.8 Å². The monoisotopic (exact) mass is 410 g/mol. The second kappa shape index (κ2) is 11.0. The highest BCUT2D eigenvalue weighted by Gasteiger charge is 2.11. The van der Waals surface area contributed by atoms with Crippen LogP contribution < -0.4 is 11.5 Å². The molecule has 0 bridgehead atoms. The number of nitrogen functional groups attached to an aromatic ring is 2. The van der Waals surface area contributed by atoms with Crippen molar-refractivity contribution in [3.05, 3.63) is 71.8 Å². The Morgan fingerprint density at radius 3 is 1.79 bits per heavy atom. The molecule has 0 aliphatic rings. The lowest BCUT2D eigenvalue weighted by molar-refractivity contribution is 0.886. The van der Waals surface area contributed by atoms with E-state index in [1.54, 1.807) is 23.5 Å². The molecule has 0 saturated carbocycles. The van der Waals surface area contributed by atoms with Gasteiger partial charge < -0.3 is 11.5 Å². The summed E-state index contributed by atoms with van der Waals surface area (Å²) in [6.45, 7) is 0. The van der Waals surface area contributed by atoms with Crippen molar-refractivity contribution in [2.45, 2.75) is 35.9 Å². The lowest BCUT2D eigenvalue weighted by Crippen LogP contribution is -2.04. The topological polar surface area (TPSA) is 77.8 Å². The normalized spacial score (nSPS) is 10.9. The Bertz CT molecular complexity index is 857. The molecular formula is C22H26N4S2. The fourth-order valence-electron chi connectivity index (χ4n) is 2.79. The van der Waals surface area contributed by atoms with Crippen LogP contribution in [0.2, 0.25) is 0 Å². The first-order valence-electron chi connectivity index (χ1n) is 9.49. The Hall–Kier alpha value is -2.18. The molecule has 0 atom stereocenters. The summed E-state index contributed by atoms with van der Waals surface area (Å²) in [6.07, 6.45) is 4.24. The number of thioether (sulfide) groups is 2. The van der Waals surface area contributed by atoms with E-state index < -0.39 is 0 Å². The van der Waals surface area contributed by atoms with Gasteiger partial charge in [0.05, 0.1) is 0 Å². The molecule has 146 valence electrons. The van der Waals surface area contributed by atoms with Crippen molar-refractivity contribution >= 4 is 35.0 Å². The van der Waals surface area contributed by atoms with Crippen LogP contribution in [-0.4, -0.2) is 21.5 Å². The zero-order valence-corrected chi connectivity index (χ0v) is 17.5. The summed E-state index contributed by atoms with van der Waals surface area (Å²) in [6, 6.07) is 21.0. The lowest BCUT2D eigenvalue weighted by Gasteiger charge is -2.09. The average molecular weight is 411 g/mol. The summed E-state index contributed by atoms with van der Waals surface area (Å²) in [5.74, 6) is 2.29. The molecule has 1 heterocycles. The van der Waals surface area contributed by atoms with Gasteiger partial charge in [0.1, 0.15) is 10.7 Å². The van der Waals surface area contributed by atoms with Crippen LogP contribution in [-0.2, 0) is 12.8 Å². The number of nitrogens with two attached hydrogens (primary N) is 2. The molecule has 2 aromatic carbocycles. The fourth-order valence-corrected chi connectivity index (χ4v) is 4.53. The van der Waals surface area contributed by atoms with E-state index in [1.165, 1.54) is 11.1 Å². The van der Waals surface area contributed by atoms with Crippen LogP contribution in [0.25, 0.3) is 0 Å². The molecule has 0 spiro atoms. The summed E-state index contributed by atoms with van der Waals surface area (Å²) < 4.78 is 0. The summed E-state index contributed by atoms with van der Waals surface area (Å²) in [5, 5.41) is 1.51. The maximum Gasteiger partial charge on any atom is 0.190 e. The van der Waals surface area contributed by atoms with Gasteiger partial charge in [-0.15, -0.1) is 11.8 Å². The molecule has 0 aliphatic carbocycles. The molecular weight excluding hydrogens is 384 g/mol. The molecule has 0 fully saturated rings. The van der Waals surface area contributed by atoms with E-state index in [-0.39, 0.29) is 0 Å². The quantitative estimate of drug-likeness (QED) is 0.210. The van der Waals surface area contributed by atoms with E-state index in [0.717, 1.165) is 42.2 Å². The van der Waals surface area contributed by atoms with E-state index in [0.29, 0.717) is 16.7 Å². The van der Waals surface area contributed by atoms with E-state index >= 15 is 0 Å².